The number of aryl methyl sites for hydroxylation is 1. The number of para-hydroxylation sites is 1. The molecule has 0 spiro atoms. The maximum atomic E-state index is 12.5. The minimum absolute atomic E-state index is 0.158. The lowest BCUT2D eigenvalue weighted by atomic mass is 10.2. The third-order valence-electron chi connectivity index (χ3n) is 2.61. The summed E-state index contributed by atoms with van der Waals surface area (Å²) in [6.07, 6.45) is 0.284. The Hall–Kier alpha value is -2.26. The Bertz CT molecular complexity index is 603. The van der Waals surface area contributed by atoms with Crippen LogP contribution in [0.1, 0.15) is 21.8 Å². The highest BCUT2D eigenvalue weighted by Crippen LogP contribution is 2.20. The third kappa shape index (κ3) is 2.95. The molecule has 1 aromatic carbocycles. The zero-order valence-electron chi connectivity index (χ0n) is 10.4. The van der Waals surface area contributed by atoms with Crippen LogP contribution in [-0.2, 0) is 0 Å². The van der Waals surface area contributed by atoms with Crippen molar-refractivity contribution in [2.24, 2.45) is 0 Å². The molecular formula is C13H12N4OS. The second-order valence-corrected chi connectivity index (χ2v) is 4.64. The van der Waals surface area contributed by atoms with E-state index in [-0.39, 0.29) is 12.3 Å². The van der Waals surface area contributed by atoms with E-state index in [0.29, 0.717) is 17.1 Å². The summed E-state index contributed by atoms with van der Waals surface area (Å²) < 4.78 is 3.78. The van der Waals surface area contributed by atoms with Gasteiger partial charge in [-0.2, -0.15) is 5.26 Å². The summed E-state index contributed by atoms with van der Waals surface area (Å²) in [6.45, 7) is 2.11. The molecule has 0 aliphatic heterocycles. The highest BCUT2D eigenvalue weighted by molar-refractivity contribution is 7.08. The van der Waals surface area contributed by atoms with E-state index >= 15 is 0 Å². The van der Waals surface area contributed by atoms with Gasteiger partial charge in [0.05, 0.1) is 18.2 Å². The molecule has 0 N–H and O–H groups in total. The zero-order valence-corrected chi connectivity index (χ0v) is 11.2. The minimum Gasteiger partial charge on any atom is -0.307 e. The van der Waals surface area contributed by atoms with E-state index in [1.807, 2.05) is 30.3 Å². The van der Waals surface area contributed by atoms with Gasteiger partial charge in [0.1, 0.15) is 4.88 Å². The van der Waals surface area contributed by atoms with E-state index in [9.17, 15) is 4.79 Å². The van der Waals surface area contributed by atoms with Crippen molar-refractivity contribution in [3.05, 3.63) is 40.9 Å². The molecule has 0 aliphatic carbocycles. The quantitative estimate of drug-likeness (QED) is 0.857. The average Bonchev–Trinajstić information content (AvgIpc) is 2.86. The van der Waals surface area contributed by atoms with Crippen LogP contribution in [-0.4, -0.2) is 22.0 Å². The van der Waals surface area contributed by atoms with Crippen molar-refractivity contribution in [2.45, 2.75) is 13.3 Å². The topological polar surface area (TPSA) is 69.9 Å². The van der Waals surface area contributed by atoms with E-state index in [1.165, 1.54) is 0 Å². The average molecular weight is 272 g/mol. The van der Waals surface area contributed by atoms with Crippen molar-refractivity contribution < 1.29 is 4.79 Å². The molecule has 6 heteroatoms. The smallest absolute Gasteiger partial charge is 0.271 e. The molecule has 0 bridgehead atoms. The summed E-state index contributed by atoms with van der Waals surface area (Å²) in [6, 6.07) is 11.4. The maximum absolute atomic E-state index is 12.5. The molecule has 2 rings (SSSR count). The predicted octanol–water partition coefficient (Wildman–Crippen LogP) is 2.41. The molecule has 19 heavy (non-hydrogen) atoms. The fourth-order valence-electron chi connectivity index (χ4n) is 1.67. The second-order valence-electron chi connectivity index (χ2n) is 3.89. The van der Waals surface area contributed by atoms with E-state index in [2.05, 4.69) is 15.7 Å². The van der Waals surface area contributed by atoms with Crippen molar-refractivity contribution in [1.82, 2.24) is 9.59 Å². The largest absolute Gasteiger partial charge is 0.307 e. The Morgan fingerprint density at radius 3 is 2.74 bits per heavy atom. The van der Waals surface area contributed by atoms with Crippen LogP contribution in [0.5, 0.6) is 0 Å². The lowest BCUT2D eigenvalue weighted by Crippen LogP contribution is -2.31. The van der Waals surface area contributed by atoms with E-state index in [1.54, 1.807) is 11.8 Å². The fourth-order valence-corrected chi connectivity index (χ4v) is 2.27. The molecule has 0 saturated heterocycles. The number of benzene rings is 1. The standard InChI is InChI=1S/C13H12N4OS/c1-10-12(19-16-15-10)13(18)17(9-5-8-14)11-6-3-2-4-7-11/h2-4,6-7H,5,9H2,1H3. The summed E-state index contributed by atoms with van der Waals surface area (Å²) in [5, 5.41) is 12.6. The van der Waals surface area contributed by atoms with Gasteiger partial charge in [0.2, 0.25) is 0 Å². The number of carbonyl (C=O) groups excluding carboxylic acids is 1. The summed E-state index contributed by atoms with van der Waals surface area (Å²) in [5.74, 6) is -0.158. The van der Waals surface area contributed by atoms with Crippen LogP contribution in [0.2, 0.25) is 0 Å². The second kappa shape index (κ2) is 6.07. The first-order chi connectivity index (χ1) is 9.24. The van der Waals surface area contributed by atoms with E-state index in [0.717, 1.165) is 17.2 Å². The normalized spacial score (nSPS) is 9.89. The number of hydrogen-bond acceptors (Lipinski definition) is 5. The van der Waals surface area contributed by atoms with Crippen LogP contribution < -0.4 is 4.90 Å². The first kappa shape index (κ1) is 13.2. The van der Waals surface area contributed by atoms with Crippen molar-refractivity contribution in [3.63, 3.8) is 0 Å². The van der Waals surface area contributed by atoms with Crippen LogP contribution in [0.3, 0.4) is 0 Å². The monoisotopic (exact) mass is 272 g/mol. The Kier molecular flexibility index (Phi) is 4.21. The van der Waals surface area contributed by atoms with Crippen molar-refractivity contribution in [2.75, 3.05) is 11.4 Å². The molecule has 0 saturated carbocycles. The van der Waals surface area contributed by atoms with Gasteiger partial charge in [-0.3, -0.25) is 4.79 Å². The van der Waals surface area contributed by atoms with Crippen molar-refractivity contribution >= 4 is 23.1 Å². The van der Waals surface area contributed by atoms with Gasteiger partial charge >= 0.3 is 0 Å². The summed E-state index contributed by atoms with van der Waals surface area (Å²) in [4.78, 5) is 14.6. The zero-order chi connectivity index (χ0) is 13.7. The molecule has 1 aromatic heterocycles. The van der Waals surface area contributed by atoms with Gasteiger partial charge in [-0.1, -0.05) is 22.7 Å². The number of hydrogen-bond donors (Lipinski definition) is 0. The number of carbonyl (C=O) groups is 1. The maximum Gasteiger partial charge on any atom is 0.271 e. The third-order valence-corrected chi connectivity index (χ3v) is 3.42. The van der Waals surface area contributed by atoms with E-state index in [4.69, 9.17) is 5.26 Å². The van der Waals surface area contributed by atoms with Gasteiger partial charge in [0.25, 0.3) is 5.91 Å². The van der Waals surface area contributed by atoms with Gasteiger partial charge in [-0.25, -0.2) is 0 Å². The van der Waals surface area contributed by atoms with Gasteiger partial charge in [0, 0.05) is 12.2 Å². The molecule has 2 aromatic rings. The van der Waals surface area contributed by atoms with Crippen LogP contribution >= 0.6 is 11.5 Å². The molecule has 5 nitrogen and oxygen atoms in total. The number of rotatable bonds is 4. The molecule has 0 radical (unpaired) electrons. The van der Waals surface area contributed by atoms with Gasteiger partial charge < -0.3 is 4.90 Å². The van der Waals surface area contributed by atoms with Crippen molar-refractivity contribution in [3.8, 4) is 6.07 Å². The lowest BCUT2D eigenvalue weighted by Gasteiger charge is -2.20. The summed E-state index contributed by atoms with van der Waals surface area (Å²) >= 11 is 1.08. The van der Waals surface area contributed by atoms with Gasteiger partial charge in [-0.15, -0.1) is 5.10 Å². The van der Waals surface area contributed by atoms with Crippen molar-refractivity contribution in [1.29, 1.82) is 5.26 Å². The van der Waals surface area contributed by atoms with E-state index < -0.39 is 0 Å². The molecule has 0 fully saturated rings. The minimum atomic E-state index is -0.158. The van der Waals surface area contributed by atoms with Crippen LogP contribution in [0, 0.1) is 18.3 Å². The number of amides is 1. The van der Waals surface area contributed by atoms with Crippen LogP contribution in [0.15, 0.2) is 30.3 Å². The molecule has 1 amide bonds. The Morgan fingerprint density at radius 1 is 1.42 bits per heavy atom. The number of anilines is 1. The first-order valence-corrected chi connectivity index (χ1v) is 6.54. The molecule has 0 aliphatic rings. The molecule has 1 heterocycles. The molecular weight excluding hydrogens is 260 g/mol. The first-order valence-electron chi connectivity index (χ1n) is 5.77. The van der Waals surface area contributed by atoms with Crippen LogP contribution in [0.25, 0.3) is 0 Å². The number of aromatic nitrogens is 2. The Morgan fingerprint density at radius 2 is 2.16 bits per heavy atom. The Labute approximate surface area is 115 Å². The lowest BCUT2D eigenvalue weighted by molar-refractivity contribution is 0.0990. The predicted molar refractivity (Wildman–Crippen MR) is 73.0 cm³/mol. The van der Waals surface area contributed by atoms with Gasteiger partial charge in [-0.05, 0) is 30.6 Å². The number of nitriles is 1. The fraction of sp³-hybridized carbons (Fsp3) is 0.231. The highest BCUT2D eigenvalue weighted by atomic mass is 32.1. The molecule has 0 unspecified atom stereocenters. The SMILES string of the molecule is Cc1nnsc1C(=O)N(CCC#N)c1ccccc1. The molecule has 0 atom stereocenters. The highest BCUT2D eigenvalue weighted by Gasteiger charge is 2.21. The summed E-state index contributed by atoms with van der Waals surface area (Å²) in [7, 11) is 0. The molecule has 96 valence electrons. The van der Waals surface area contributed by atoms with Gasteiger partial charge in [0.15, 0.2) is 0 Å². The Balaban J connectivity index is 2.31. The number of nitrogens with zero attached hydrogens (tertiary/aromatic N) is 4. The van der Waals surface area contributed by atoms with Crippen LogP contribution in [0.4, 0.5) is 5.69 Å². The summed E-state index contributed by atoms with van der Waals surface area (Å²) in [5.41, 5.74) is 1.39.